The van der Waals surface area contributed by atoms with Gasteiger partial charge in [-0.2, -0.15) is 0 Å². The van der Waals surface area contributed by atoms with Gasteiger partial charge in [0.1, 0.15) is 6.61 Å². The standard InChI is InChI=1S/C18H32N2O5.C18H34N2O3/c1-19-17(23)18(24)20-13-11-9-7-5-3-2-4-6-8-10-12-14-25-15-16(21)22;1-3-23-16-14-12-10-8-6-4-5-7-9-11-13-15-20-18(22)17(21)19-2/h3,5H,2,4,6-15H2,1H3,(H,19,23)(H,20,24)(H,21,22);5,7H,3-4,6,8-16H2,1-2H3,(H,19,21)(H,20,22)/b5-3-;7-5-. The Morgan fingerprint density at radius 2 is 0.854 bits per heavy atom. The molecule has 0 aromatic heterocycles. The molecule has 5 N–H and O–H groups in total. The van der Waals surface area contributed by atoms with Crippen molar-refractivity contribution in [1.29, 1.82) is 0 Å². The number of carbonyl (C=O) groups is 5. The average Bonchev–Trinajstić information content (AvgIpc) is 3.08. The number of carbonyl (C=O) groups excluding carboxylic acids is 4. The molecule has 0 fully saturated rings. The third kappa shape index (κ3) is 37.2. The molecule has 0 atom stereocenters. The molecule has 0 unspecified atom stereocenters. The van der Waals surface area contributed by atoms with Gasteiger partial charge in [-0.25, -0.2) is 4.79 Å². The Morgan fingerprint density at radius 3 is 1.23 bits per heavy atom. The number of ether oxygens (including phenoxy) is 2. The number of likely N-dealkylation sites (N-methyl/N-ethyl adjacent to an activating group) is 2. The summed E-state index contributed by atoms with van der Waals surface area (Å²) in [5.74, 6) is -3.23. The van der Waals surface area contributed by atoms with E-state index in [1.807, 2.05) is 6.92 Å². The molecule has 0 aromatic carbocycles. The molecule has 48 heavy (non-hydrogen) atoms. The molecule has 0 aliphatic carbocycles. The Hall–Kier alpha value is -3.25. The molecular weight excluding hydrogens is 616 g/mol. The minimum atomic E-state index is -0.916. The maximum atomic E-state index is 11.2. The van der Waals surface area contributed by atoms with Gasteiger partial charge in [-0.15, -0.1) is 0 Å². The van der Waals surface area contributed by atoms with Gasteiger partial charge in [-0.05, 0) is 84.0 Å². The fraction of sp³-hybridized carbons (Fsp3) is 0.750. The number of rotatable bonds is 29. The molecule has 0 rings (SSSR count). The SMILES string of the molecule is CCOCCCCCCC/C=C\CCCCNC(=O)C(=O)NC.CNC(=O)C(=O)NCCCC/C=C\CCCCCCCOCC(=O)O. The summed E-state index contributed by atoms with van der Waals surface area (Å²) in [6.45, 7) is 5.16. The van der Waals surface area contributed by atoms with Gasteiger partial charge < -0.3 is 35.8 Å². The minimum absolute atomic E-state index is 0.203. The monoisotopic (exact) mass is 682 g/mol. The highest BCUT2D eigenvalue weighted by Crippen LogP contribution is 2.08. The van der Waals surface area contributed by atoms with Gasteiger partial charge in [0, 0.05) is 47.0 Å². The number of nitrogens with one attached hydrogen (secondary N) is 4. The van der Waals surface area contributed by atoms with E-state index in [0.29, 0.717) is 19.7 Å². The van der Waals surface area contributed by atoms with E-state index >= 15 is 0 Å². The van der Waals surface area contributed by atoms with E-state index in [1.54, 1.807) is 0 Å². The number of unbranched alkanes of at least 4 members (excludes halogenated alkanes) is 14. The van der Waals surface area contributed by atoms with Gasteiger partial charge in [-0.1, -0.05) is 62.8 Å². The van der Waals surface area contributed by atoms with Crippen LogP contribution in [0.3, 0.4) is 0 Å². The minimum Gasteiger partial charge on any atom is -0.480 e. The zero-order valence-electron chi connectivity index (χ0n) is 30.1. The summed E-state index contributed by atoms with van der Waals surface area (Å²) in [5.41, 5.74) is 0. The second-order valence-electron chi connectivity index (χ2n) is 11.4. The molecule has 12 heteroatoms. The highest BCUT2D eigenvalue weighted by Gasteiger charge is 2.09. The summed E-state index contributed by atoms with van der Waals surface area (Å²) < 4.78 is 10.3. The van der Waals surface area contributed by atoms with E-state index < -0.39 is 29.6 Å². The Morgan fingerprint density at radius 1 is 0.500 bits per heavy atom. The quantitative estimate of drug-likeness (QED) is 0.0418. The van der Waals surface area contributed by atoms with E-state index in [1.165, 1.54) is 52.6 Å². The van der Waals surface area contributed by atoms with Gasteiger partial charge in [0.25, 0.3) is 0 Å². The predicted octanol–water partition coefficient (Wildman–Crippen LogP) is 4.97. The Bertz CT molecular complexity index is 880. The molecule has 0 saturated heterocycles. The molecule has 0 spiro atoms. The topological polar surface area (TPSA) is 172 Å². The summed E-state index contributed by atoms with van der Waals surface area (Å²) in [5, 5.41) is 18.1. The van der Waals surface area contributed by atoms with Crippen LogP contribution in [0.2, 0.25) is 0 Å². The van der Waals surface area contributed by atoms with E-state index in [-0.39, 0.29) is 6.61 Å². The second-order valence-corrected chi connectivity index (χ2v) is 11.4. The van der Waals surface area contributed by atoms with Crippen LogP contribution in [-0.2, 0) is 33.4 Å². The number of allylic oxidation sites excluding steroid dienone is 4. The van der Waals surface area contributed by atoms with Crippen molar-refractivity contribution in [3.8, 4) is 0 Å². The number of hydrogen-bond acceptors (Lipinski definition) is 7. The molecule has 0 aliphatic heterocycles. The smallest absolute Gasteiger partial charge is 0.329 e. The molecule has 0 aromatic rings. The van der Waals surface area contributed by atoms with Crippen molar-refractivity contribution >= 4 is 29.6 Å². The zero-order chi connectivity index (χ0) is 35.9. The lowest BCUT2D eigenvalue weighted by Crippen LogP contribution is -2.38. The Labute approximate surface area is 289 Å². The zero-order valence-corrected chi connectivity index (χ0v) is 30.1. The molecule has 0 aliphatic rings. The molecule has 0 bridgehead atoms. The third-order valence-electron chi connectivity index (χ3n) is 7.11. The average molecular weight is 683 g/mol. The third-order valence-corrected chi connectivity index (χ3v) is 7.11. The molecule has 0 radical (unpaired) electrons. The first kappa shape index (κ1) is 46.9. The van der Waals surface area contributed by atoms with E-state index in [9.17, 15) is 24.0 Å². The number of aliphatic carboxylic acids is 1. The van der Waals surface area contributed by atoms with Crippen molar-refractivity contribution in [2.45, 2.75) is 122 Å². The number of carboxylic acids is 1. The van der Waals surface area contributed by atoms with Crippen molar-refractivity contribution in [2.24, 2.45) is 0 Å². The number of amides is 4. The van der Waals surface area contributed by atoms with Gasteiger partial charge >= 0.3 is 29.6 Å². The molecule has 0 saturated carbocycles. The maximum Gasteiger partial charge on any atom is 0.329 e. The summed E-state index contributed by atoms with van der Waals surface area (Å²) in [6, 6.07) is 0. The van der Waals surface area contributed by atoms with Crippen LogP contribution in [0.15, 0.2) is 24.3 Å². The first-order valence-corrected chi connectivity index (χ1v) is 18.0. The fourth-order valence-corrected chi connectivity index (χ4v) is 4.33. The number of carboxylic acid groups (broad SMARTS) is 1. The summed E-state index contributed by atoms with van der Waals surface area (Å²) in [4.78, 5) is 54.5. The van der Waals surface area contributed by atoms with Crippen LogP contribution in [-0.4, -0.2) is 88.3 Å². The largest absolute Gasteiger partial charge is 0.480 e. The highest BCUT2D eigenvalue weighted by molar-refractivity contribution is 6.35. The van der Waals surface area contributed by atoms with Crippen LogP contribution in [0.1, 0.15) is 122 Å². The number of hydrogen-bond donors (Lipinski definition) is 5. The lowest BCUT2D eigenvalue weighted by Gasteiger charge is -2.02. The van der Waals surface area contributed by atoms with Crippen molar-refractivity contribution in [3.63, 3.8) is 0 Å². The normalized spacial score (nSPS) is 10.8. The van der Waals surface area contributed by atoms with Crippen molar-refractivity contribution in [2.75, 3.05) is 53.6 Å². The second kappa shape index (κ2) is 38.2. The predicted molar refractivity (Wildman–Crippen MR) is 190 cm³/mol. The summed E-state index contributed by atoms with van der Waals surface area (Å²) in [7, 11) is 2.89. The molecule has 12 nitrogen and oxygen atoms in total. The summed E-state index contributed by atoms with van der Waals surface area (Å²) in [6.07, 6.45) is 28.6. The van der Waals surface area contributed by atoms with Crippen LogP contribution < -0.4 is 21.3 Å². The maximum absolute atomic E-state index is 11.2. The van der Waals surface area contributed by atoms with Gasteiger partial charge in [0.2, 0.25) is 0 Å². The van der Waals surface area contributed by atoms with Crippen molar-refractivity contribution < 1.29 is 38.6 Å². The lowest BCUT2D eigenvalue weighted by atomic mass is 10.1. The van der Waals surface area contributed by atoms with E-state index in [4.69, 9.17) is 14.6 Å². The van der Waals surface area contributed by atoms with Crippen LogP contribution in [0.25, 0.3) is 0 Å². The first-order chi connectivity index (χ1) is 23.3. The Kier molecular flexibility index (Phi) is 37.3. The highest BCUT2D eigenvalue weighted by atomic mass is 16.5. The van der Waals surface area contributed by atoms with Gasteiger partial charge in [-0.3, -0.25) is 19.2 Å². The lowest BCUT2D eigenvalue weighted by molar-refractivity contribution is -0.142. The molecule has 278 valence electrons. The molecule has 0 heterocycles. The Balaban J connectivity index is 0. The fourth-order valence-electron chi connectivity index (χ4n) is 4.33. The van der Waals surface area contributed by atoms with E-state index in [2.05, 4.69) is 45.6 Å². The van der Waals surface area contributed by atoms with E-state index in [0.717, 1.165) is 90.3 Å². The summed E-state index contributed by atoms with van der Waals surface area (Å²) >= 11 is 0. The van der Waals surface area contributed by atoms with Crippen LogP contribution in [0.5, 0.6) is 0 Å². The van der Waals surface area contributed by atoms with Gasteiger partial charge in [0.05, 0.1) is 0 Å². The van der Waals surface area contributed by atoms with Crippen molar-refractivity contribution in [1.82, 2.24) is 21.3 Å². The first-order valence-electron chi connectivity index (χ1n) is 18.0. The van der Waals surface area contributed by atoms with Crippen LogP contribution >= 0.6 is 0 Å². The van der Waals surface area contributed by atoms with Crippen molar-refractivity contribution in [3.05, 3.63) is 24.3 Å². The molecular formula is C36H66N4O8. The van der Waals surface area contributed by atoms with Crippen LogP contribution in [0.4, 0.5) is 0 Å². The van der Waals surface area contributed by atoms with Crippen LogP contribution in [0, 0.1) is 0 Å². The molecule has 4 amide bonds. The van der Waals surface area contributed by atoms with Gasteiger partial charge in [0.15, 0.2) is 0 Å².